The molecule has 2 aliphatic rings. The molecule has 0 unspecified atom stereocenters. The van der Waals surface area contributed by atoms with Gasteiger partial charge in [-0.25, -0.2) is 0 Å². The third kappa shape index (κ3) is 5.26. The summed E-state index contributed by atoms with van der Waals surface area (Å²) in [5, 5.41) is 15.7. The summed E-state index contributed by atoms with van der Waals surface area (Å²) < 4.78 is 11.3. The van der Waals surface area contributed by atoms with E-state index < -0.39 is 5.91 Å². The third-order valence-corrected chi connectivity index (χ3v) is 5.57. The highest BCUT2D eigenvalue weighted by molar-refractivity contribution is 8.26. The Hall–Kier alpha value is -3.39. The monoisotopic (exact) mass is 448 g/mol. The van der Waals surface area contributed by atoms with Crippen LogP contribution in [0.5, 0.6) is 11.5 Å². The average Bonchev–Trinajstić information content (AvgIpc) is 3.17. The summed E-state index contributed by atoms with van der Waals surface area (Å²) in [6, 6.07) is 16.9. The lowest BCUT2D eigenvalue weighted by Gasteiger charge is -2.20. The Morgan fingerprint density at radius 1 is 1.03 bits per heavy atom. The van der Waals surface area contributed by atoms with E-state index in [1.807, 2.05) is 54.6 Å². The zero-order valence-corrected chi connectivity index (χ0v) is 18.8. The molecular weight excluding hydrogens is 424 g/mol. The van der Waals surface area contributed by atoms with Gasteiger partial charge in [0.1, 0.15) is 29.8 Å². The molecule has 7 nitrogen and oxygen atoms in total. The van der Waals surface area contributed by atoms with Crippen LogP contribution in [0.25, 0.3) is 6.08 Å². The summed E-state index contributed by atoms with van der Waals surface area (Å²) in [6.45, 7) is 5.07. The molecule has 0 radical (unpaired) electrons. The molecule has 0 saturated heterocycles. The van der Waals surface area contributed by atoms with Crippen LogP contribution in [0.1, 0.15) is 25.8 Å². The second-order valence-corrected chi connectivity index (χ2v) is 8.73. The van der Waals surface area contributed by atoms with Gasteiger partial charge in [-0.2, -0.15) is 15.1 Å². The number of carbonyl (C=O) groups excluding carboxylic acids is 1. The summed E-state index contributed by atoms with van der Waals surface area (Å²) in [5.41, 5.74) is 0.997. The van der Waals surface area contributed by atoms with Crippen molar-refractivity contribution in [3.05, 3.63) is 65.7 Å². The molecular formula is C24H24N4O3S. The van der Waals surface area contributed by atoms with Crippen LogP contribution < -0.4 is 9.47 Å². The molecule has 0 aromatic heterocycles. The molecule has 0 aliphatic carbocycles. The molecule has 1 N–H and O–H groups in total. The van der Waals surface area contributed by atoms with Crippen LogP contribution in [0, 0.1) is 11.3 Å². The third-order valence-electron chi connectivity index (χ3n) is 4.63. The molecule has 0 spiro atoms. The Morgan fingerprint density at radius 3 is 2.34 bits per heavy atom. The summed E-state index contributed by atoms with van der Waals surface area (Å²) in [4.78, 5) is 16.6. The van der Waals surface area contributed by atoms with Crippen molar-refractivity contribution in [2.45, 2.75) is 20.3 Å². The Balaban J connectivity index is 1.37. The van der Waals surface area contributed by atoms with Crippen molar-refractivity contribution in [2.75, 3.05) is 13.2 Å². The molecule has 1 amide bonds. The first-order valence-corrected chi connectivity index (χ1v) is 11.2. The number of ether oxygens (including phenoxy) is 2. The first-order valence-electron chi connectivity index (χ1n) is 10.4. The molecule has 0 atom stereocenters. The number of hydrogen-bond donors (Lipinski definition) is 1. The van der Waals surface area contributed by atoms with Gasteiger partial charge in [0.2, 0.25) is 5.17 Å². The van der Waals surface area contributed by atoms with E-state index in [0.29, 0.717) is 30.0 Å². The van der Waals surface area contributed by atoms with Crippen molar-refractivity contribution in [2.24, 2.45) is 16.0 Å². The van der Waals surface area contributed by atoms with E-state index >= 15 is 0 Å². The van der Waals surface area contributed by atoms with Crippen LogP contribution in [0.4, 0.5) is 0 Å². The van der Waals surface area contributed by atoms with E-state index in [9.17, 15) is 4.79 Å². The first kappa shape index (κ1) is 21.8. The highest BCUT2D eigenvalue weighted by atomic mass is 32.2. The molecule has 2 heterocycles. The molecule has 0 bridgehead atoms. The van der Waals surface area contributed by atoms with Crippen LogP contribution in [-0.4, -0.2) is 40.2 Å². The number of thioether (sulfide) groups is 1. The standard InChI is InChI=1S/C24H24N4O3S/c1-16(2)14-21-27-28-22(25)20(23(29)26-24(28)32-21)15-17-8-10-19(11-9-17)31-13-12-30-18-6-4-3-5-7-18/h3-11,15-16,25H,12-14H2,1-2H3/b20-15+,25-22?. The summed E-state index contributed by atoms with van der Waals surface area (Å²) in [6.07, 6.45) is 2.45. The van der Waals surface area contributed by atoms with Gasteiger partial charge < -0.3 is 9.47 Å². The molecule has 8 heteroatoms. The second kappa shape index (κ2) is 9.82. The number of nitrogens with one attached hydrogen (secondary N) is 1. The number of aliphatic imine (C=N–C) groups is 1. The minimum Gasteiger partial charge on any atom is -0.490 e. The zero-order valence-electron chi connectivity index (χ0n) is 17.9. The number of hydrogen-bond acceptors (Lipinski definition) is 6. The maximum atomic E-state index is 12.5. The fourth-order valence-electron chi connectivity index (χ4n) is 3.13. The Labute approximate surface area is 191 Å². The molecule has 2 aliphatic heterocycles. The van der Waals surface area contributed by atoms with E-state index in [4.69, 9.17) is 14.9 Å². The lowest BCUT2D eigenvalue weighted by atomic mass is 10.1. The molecule has 2 aromatic rings. The molecule has 0 saturated carbocycles. The maximum Gasteiger partial charge on any atom is 0.283 e. The van der Waals surface area contributed by atoms with Crippen LogP contribution in [0.2, 0.25) is 0 Å². The van der Waals surface area contributed by atoms with Crippen LogP contribution in [0.15, 0.2) is 70.3 Å². The Bertz CT molecular complexity index is 1090. The van der Waals surface area contributed by atoms with Gasteiger partial charge in [0.15, 0.2) is 5.84 Å². The van der Waals surface area contributed by atoms with Gasteiger partial charge in [-0.3, -0.25) is 10.2 Å². The fourth-order valence-corrected chi connectivity index (χ4v) is 4.22. The number of fused-ring (bicyclic) bond motifs is 1. The van der Waals surface area contributed by atoms with Crippen molar-refractivity contribution >= 4 is 39.8 Å². The van der Waals surface area contributed by atoms with Crippen LogP contribution in [0.3, 0.4) is 0 Å². The number of amides is 1. The van der Waals surface area contributed by atoms with E-state index in [-0.39, 0.29) is 11.4 Å². The normalized spacial score (nSPS) is 16.8. The SMILES string of the molecule is CC(C)CC1=NN2C(=N)/C(=C\c3ccc(OCCOc4ccccc4)cc3)C(=O)N=C2S1. The van der Waals surface area contributed by atoms with Gasteiger partial charge in [-0.15, -0.1) is 0 Å². The number of para-hydroxylation sites is 1. The van der Waals surface area contributed by atoms with E-state index in [1.54, 1.807) is 6.08 Å². The zero-order chi connectivity index (χ0) is 22.5. The molecule has 2 aromatic carbocycles. The highest BCUT2D eigenvalue weighted by Crippen LogP contribution is 2.30. The van der Waals surface area contributed by atoms with Gasteiger partial charge in [0.25, 0.3) is 5.91 Å². The van der Waals surface area contributed by atoms with Gasteiger partial charge in [-0.05, 0) is 53.6 Å². The largest absolute Gasteiger partial charge is 0.490 e. The number of benzene rings is 2. The molecule has 4 rings (SSSR count). The van der Waals surface area contributed by atoms with E-state index in [2.05, 4.69) is 23.9 Å². The average molecular weight is 449 g/mol. The number of nitrogens with zero attached hydrogens (tertiary/aromatic N) is 3. The summed E-state index contributed by atoms with van der Waals surface area (Å²) >= 11 is 1.36. The molecule has 32 heavy (non-hydrogen) atoms. The van der Waals surface area contributed by atoms with Crippen molar-refractivity contribution in [1.29, 1.82) is 5.41 Å². The predicted molar refractivity (Wildman–Crippen MR) is 128 cm³/mol. The number of hydrazone groups is 1. The van der Waals surface area contributed by atoms with Crippen molar-refractivity contribution in [3.63, 3.8) is 0 Å². The van der Waals surface area contributed by atoms with Gasteiger partial charge in [0.05, 0.1) is 5.57 Å². The smallest absolute Gasteiger partial charge is 0.283 e. The summed E-state index contributed by atoms with van der Waals surface area (Å²) in [5.74, 6) is 1.57. The minimum atomic E-state index is -0.423. The van der Waals surface area contributed by atoms with Crippen LogP contribution in [-0.2, 0) is 4.79 Å². The van der Waals surface area contributed by atoms with Crippen molar-refractivity contribution < 1.29 is 14.3 Å². The minimum absolute atomic E-state index is 0.0460. The van der Waals surface area contributed by atoms with Gasteiger partial charge in [0, 0.05) is 6.42 Å². The molecule has 164 valence electrons. The lowest BCUT2D eigenvalue weighted by Crippen LogP contribution is -2.35. The van der Waals surface area contributed by atoms with Crippen molar-refractivity contribution in [1.82, 2.24) is 5.01 Å². The predicted octanol–water partition coefficient (Wildman–Crippen LogP) is 4.81. The summed E-state index contributed by atoms with van der Waals surface area (Å²) in [7, 11) is 0. The fraction of sp³-hybridized carbons (Fsp3) is 0.250. The van der Waals surface area contributed by atoms with Gasteiger partial charge in [-0.1, -0.05) is 44.2 Å². The topological polar surface area (TPSA) is 87.3 Å². The molecule has 0 fully saturated rings. The highest BCUT2D eigenvalue weighted by Gasteiger charge is 2.35. The van der Waals surface area contributed by atoms with Crippen molar-refractivity contribution in [3.8, 4) is 11.5 Å². The number of amidine groups is 2. The lowest BCUT2D eigenvalue weighted by molar-refractivity contribution is -0.114. The number of rotatable bonds is 8. The van der Waals surface area contributed by atoms with E-state index in [0.717, 1.165) is 22.8 Å². The van der Waals surface area contributed by atoms with Crippen LogP contribution >= 0.6 is 11.8 Å². The second-order valence-electron chi connectivity index (χ2n) is 7.69. The Kier molecular flexibility index (Phi) is 6.70. The number of carbonyl (C=O) groups is 1. The van der Waals surface area contributed by atoms with E-state index in [1.165, 1.54) is 16.8 Å². The Morgan fingerprint density at radius 2 is 1.69 bits per heavy atom. The van der Waals surface area contributed by atoms with Gasteiger partial charge >= 0.3 is 0 Å². The quantitative estimate of drug-likeness (QED) is 0.463. The first-order chi connectivity index (χ1) is 15.5. The maximum absolute atomic E-state index is 12.5.